The van der Waals surface area contributed by atoms with Gasteiger partial charge in [0, 0.05) is 18.3 Å². The van der Waals surface area contributed by atoms with Gasteiger partial charge < -0.3 is 5.32 Å². The third-order valence-electron chi connectivity index (χ3n) is 2.39. The zero-order chi connectivity index (χ0) is 13.1. The van der Waals surface area contributed by atoms with Crippen molar-refractivity contribution < 1.29 is 4.39 Å². The van der Waals surface area contributed by atoms with Crippen molar-refractivity contribution >= 4 is 21.7 Å². The lowest BCUT2D eigenvalue weighted by Crippen LogP contribution is -2.02. The first-order valence-electron chi connectivity index (χ1n) is 5.64. The minimum absolute atomic E-state index is 0.276. The average molecular weight is 310 g/mol. The molecule has 5 heteroatoms. The Bertz CT molecular complexity index is 552. The van der Waals surface area contributed by atoms with Gasteiger partial charge >= 0.3 is 0 Å². The third kappa shape index (κ3) is 2.85. The summed E-state index contributed by atoms with van der Waals surface area (Å²) in [6, 6.07) is 4.78. The lowest BCUT2D eigenvalue weighted by molar-refractivity contribution is 0.627. The molecule has 0 atom stereocenters. The van der Waals surface area contributed by atoms with Crippen molar-refractivity contribution in [1.29, 1.82) is 0 Å². The van der Waals surface area contributed by atoms with Crippen LogP contribution in [-0.2, 0) is 0 Å². The Balaban J connectivity index is 2.47. The van der Waals surface area contributed by atoms with Crippen molar-refractivity contribution in [2.45, 2.75) is 13.8 Å². The van der Waals surface area contributed by atoms with E-state index in [0.29, 0.717) is 17.2 Å². The van der Waals surface area contributed by atoms with Crippen LogP contribution in [0.4, 0.5) is 10.2 Å². The summed E-state index contributed by atoms with van der Waals surface area (Å²) in [5, 5.41) is 3.12. The van der Waals surface area contributed by atoms with Crippen molar-refractivity contribution in [2.24, 2.45) is 0 Å². The van der Waals surface area contributed by atoms with E-state index in [-0.39, 0.29) is 5.82 Å². The predicted octanol–water partition coefficient (Wildman–Crippen LogP) is 3.79. The van der Waals surface area contributed by atoms with Crippen molar-refractivity contribution in [3.63, 3.8) is 0 Å². The molecule has 18 heavy (non-hydrogen) atoms. The van der Waals surface area contributed by atoms with E-state index in [1.807, 2.05) is 19.9 Å². The van der Waals surface area contributed by atoms with Gasteiger partial charge in [-0.2, -0.15) is 0 Å². The molecule has 1 aromatic carbocycles. The van der Waals surface area contributed by atoms with Gasteiger partial charge in [-0.1, -0.05) is 0 Å². The first-order valence-corrected chi connectivity index (χ1v) is 6.43. The Hall–Kier alpha value is -1.49. The highest BCUT2D eigenvalue weighted by atomic mass is 79.9. The number of nitrogens with zero attached hydrogens (tertiary/aromatic N) is 2. The van der Waals surface area contributed by atoms with Crippen LogP contribution >= 0.6 is 15.9 Å². The monoisotopic (exact) mass is 309 g/mol. The SMILES string of the molecule is CCNc1nc(-c2cc(C)cc(F)c2)ncc1Br. The van der Waals surface area contributed by atoms with E-state index in [0.717, 1.165) is 16.6 Å². The molecule has 0 saturated heterocycles. The molecule has 1 aromatic heterocycles. The molecule has 1 N–H and O–H groups in total. The zero-order valence-corrected chi connectivity index (χ0v) is 11.8. The molecule has 0 aliphatic rings. The standard InChI is InChI=1S/C13H13BrFN3/c1-3-16-13-11(14)7-17-12(18-13)9-4-8(2)5-10(15)6-9/h4-7H,3H2,1-2H3,(H,16,17,18). The van der Waals surface area contributed by atoms with Crippen LogP contribution in [0.25, 0.3) is 11.4 Å². The fraction of sp³-hybridized carbons (Fsp3) is 0.231. The lowest BCUT2D eigenvalue weighted by Gasteiger charge is -2.07. The zero-order valence-electron chi connectivity index (χ0n) is 10.2. The molecule has 0 aliphatic heterocycles. The summed E-state index contributed by atoms with van der Waals surface area (Å²) in [4.78, 5) is 8.59. The summed E-state index contributed by atoms with van der Waals surface area (Å²) < 4.78 is 14.2. The minimum Gasteiger partial charge on any atom is -0.369 e. The smallest absolute Gasteiger partial charge is 0.161 e. The largest absolute Gasteiger partial charge is 0.369 e. The Morgan fingerprint density at radius 2 is 2.11 bits per heavy atom. The van der Waals surface area contributed by atoms with Crippen LogP contribution in [0.5, 0.6) is 0 Å². The number of nitrogens with one attached hydrogen (secondary N) is 1. The first kappa shape index (κ1) is 13.0. The average Bonchev–Trinajstić information content (AvgIpc) is 2.31. The van der Waals surface area contributed by atoms with Crippen molar-refractivity contribution in [3.05, 3.63) is 40.2 Å². The molecule has 0 unspecified atom stereocenters. The van der Waals surface area contributed by atoms with Gasteiger partial charge in [-0.05, 0) is 53.5 Å². The van der Waals surface area contributed by atoms with Crippen molar-refractivity contribution in [1.82, 2.24) is 9.97 Å². The van der Waals surface area contributed by atoms with Crippen LogP contribution < -0.4 is 5.32 Å². The number of hydrogen-bond donors (Lipinski definition) is 1. The van der Waals surface area contributed by atoms with Crippen LogP contribution in [0.15, 0.2) is 28.9 Å². The molecule has 0 bridgehead atoms. The van der Waals surface area contributed by atoms with E-state index >= 15 is 0 Å². The quantitative estimate of drug-likeness (QED) is 0.937. The molecular formula is C13H13BrFN3. The van der Waals surface area contributed by atoms with E-state index < -0.39 is 0 Å². The summed E-state index contributed by atoms with van der Waals surface area (Å²) in [6.07, 6.45) is 1.67. The third-order valence-corrected chi connectivity index (χ3v) is 2.97. The lowest BCUT2D eigenvalue weighted by atomic mass is 10.1. The number of aryl methyl sites for hydroxylation is 1. The van der Waals surface area contributed by atoms with Gasteiger partial charge in [0.05, 0.1) is 4.47 Å². The molecule has 94 valence electrons. The predicted molar refractivity (Wildman–Crippen MR) is 74.0 cm³/mol. The van der Waals surface area contributed by atoms with Gasteiger partial charge in [0.15, 0.2) is 5.82 Å². The van der Waals surface area contributed by atoms with Gasteiger partial charge in [-0.25, -0.2) is 14.4 Å². The molecule has 1 heterocycles. The van der Waals surface area contributed by atoms with Gasteiger partial charge in [-0.3, -0.25) is 0 Å². The molecule has 2 aromatic rings. The first-order chi connectivity index (χ1) is 8.60. The molecule has 0 radical (unpaired) electrons. The van der Waals surface area contributed by atoms with Crippen LogP contribution in [0.1, 0.15) is 12.5 Å². The second-order valence-electron chi connectivity index (χ2n) is 3.94. The number of rotatable bonds is 3. The summed E-state index contributed by atoms with van der Waals surface area (Å²) in [7, 11) is 0. The second-order valence-corrected chi connectivity index (χ2v) is 4.79. The molecule has 0 spiro atoms. The normalized spacial score (nSPS) is 10.4. The Labute approximate surface area is 114 Å². The van der Waals surface area contributed by atoms with E-state index in [1.165, 1.54) is 12.1 Å². The van der Waals surface area contributed by atoms with Crippen molar-refractivity contribution in [3.8, 4) is 11.4 Å². The number of benzene rings is 1. The highest BCUT2D eigenvalue weighted by molar-refractivity contribution is 9.10. The maximum atomic E-state index is 13.4. The van der Waals surface area contributed by atoms with Crippen LogP contribution in [0.3, 0.4) is 0 Å². The van der Waals surface area contributed by atoms with E-state index in [9.17, 15) is 4.39 Å². The van der Waals surface area contributed by atoms with Crippen LogP contribution in [-0.4, -0.2) is 16.5 Å². The number of anilines is 1. The highest BCUT2D eigenvalue weighted by Crippen LogP contribution is 2.24. The maximum absolute atomic E-state index is 13.4. The minimum atomic E-state index is -0.276. The molecule has 0 saturated carbocycles. The van der Waals surface area contributed by atoms with E-state index in [4.69, 9.17) is 0 Å². The molecule has 0 aliphatic carbocycles. The Morgan fingerprint density at radius 1 is 1.33 bits per heavy atom. The fourth-order valence-electron chi connectivity index (χ4n) is 1.66. The summed E-state index contributed by atoms with van der Waals surface area (Å²) >= 11 is 3.37. The van der Waals surface area contributed by atoms with Gasteiger partial charge in [0.1, 0.15) is 11.6 Å². The summed E-state index contributed by atoms with van der Waals surface area (Å²) in [5.74, 6) is 0.947. The number of halogens is 2. The van der Waals surface area contributed by atoms with Crippen LogP contribution in [0.2, 0.25) is 0 Å². The molecule has 3 nitrogen and oxygen atoms in total. The second kappa shape index (κ2) is 5.44. The maximum Gasteiger partial charge on any atom is 0.161 e. The number of hydrogen-bond acceptors (Lipinski definition) is 3. The Kier molecular flexibility index (Phi) is 3.91. The van der Waals surface area contributed by atoms with Crippen LogP contribution in [0, 0.1) is 12.7 Å². The fourth-order valence-corrected chi connectivity index (χ4v) is 1.99. The summed E-state index contributed by atoms with van der Waals surface area (Å²) in [6.45, 7) is 4.59. The van der Waals surface area contributed by atoms with Gasteiger partial charge in [0.25, 0.3) is 0 Å². The van der Waals surface area contributed by atoms with Crippen molar-refractivity contribution in [2.75, 3.05) is 11.9 Å². The van der Waals surface area contributed by atoms with E-state index in [2.05, 4.69) is 31.2 Å². The van der Waals surface area contributed by atoms with E-state index in [1.54, 1.807) is 6.20 Å². The van der Waals surface area contributed by atoms with Gasteiger partial charge in [-0.15, -0.1) is 0 Å². The Morgan fingerprint density at radius 3 is 2.78 bits per heavy atom. The summed E-state index contributed by atoms with van der Waals surface area (Å²) in [5.41, 5.74) is 1.53. The molecule has 0 fully saturated rings. The molecule has 2 rings (SSSR count). The number of aromatic nitrogens is 2. The molecular weight excluding hydrogens is 297 g/mol. The van der Waals surface area contributed by atoms with Gasteiger partial charge in [0.2, 0.25) is 0 Å². The highest BCUT2D eigenvalue weighted by Gasteiger charge is 2.08. The topological polar surface area (TPSA) is 37.8 Å². The molecule has 0 amide bonds.